The fourth-order valence-corrected chi connectivity index (χ4v) is 5.84. The largest absolute Gasteiger partial charge is 0.481 e. The van der Waals surface area contributed by atoms with Crippen molar-refractivity contribution in [3.8, 4) is 11.1 Å². The van der Waals surface area contributed by atoms with Gasteiger partial charge in [-0.1, -0.05) is 54.1 Å². The number of alkyl halides is 3. The lowest BCUT2D eigenvalue weighted by Crippen LogP contribution is -2.19. The van der Waals surface area contributed by atoms with Crippen molar-refractivity contribution in [1.29, 1.82) is 0 Å². The average Bonchev–Trinajstić information content (AvgIpc) is 3.15. The highest BCUT2D eigenvalue weighted by molar-refractivity contribution is 7.90. The summed E-state index contributed by atoms with van der Waals surface area (Å²) in [5.41, 5.74) is -0.650. The Morgan fingerprint density at radius 2 is 1.71 bits per heavy atom. The van der Waals surface area contributed by atoms with E-state index in [4.69, 9.17) is 16.7 Å². The van der Waals surface area contributed by atoms with Crippen LogP contribution >= 0.6 is 11.6 Å². The van der Waals surface area contributed by atoms with E-state index in [0.717, 1.165) is 16.1 Å². The summed E-state index contributed by atoms with van der Waals surface area (Å²) in [7, 11) is -4.78. The number of halogens is 4. The van der Waals surface area contributed by atoms with E-state index in [1.807, 2.05) is 0 Å². The molecule has 1 heterocycles. The number of rotatable bonds is 6. The number of aryl methyl sites for hydroxylation is 1. The van der Waals surface area contributed by atoms with E-state index in [2.05, 4.69) is 0 Å². The van der Waals surface area contributed by atoms with Gasteiger partial charge < -0.3 is 5.11 Å². The second-order valence-electron chi connectivity index (χ2n) is 7.56. The van der Waals surface area contributed by atoms with Crippen LogP contribution in [0.3, 0.4) is 0 Å². The number of aromatic nitrogens is 1. The minimum atomic E-state index is -4.94. The van der Waals surface area contributed by atoms with Gasteiger partial charge in [-0.05, 0) is 41.8 Å². The van der Waals surface area contributed by atoms with E-state index in [-0.39, 0.29) is 28.9 Å². The zero-order chi connectivity index (χ0) is 24.7. The van der Waals surface area contributed by atoms with Crippen LogP contribution in [0.4, 0.5) is 13.2 Å². The van der Waals surface area contributed by atoms with Crippen molar-refractivity contribution >= 4 is 38.5 Å². The molecular weight excluding hydrogens is 491 g/mol. The quantitative estimate of drug-likeness (QED) is 0.335. The molecule has 0 fully saturated rings. The molecule has 4 aromatic rings. The first-order chi connectivity index (χ1) is 16.0. The van der Waals surface area contributed by atoms with Gasteiger partial charge in [0.15, 0.2) is 0 Å². The van der Waals surface area contributed by atoms with Crippen LogP contribution in [0.2, 0.25) is 5.02 Å². The van der Waals surface area contributed by atoms with E-state index in [0.29, 0.717) is 16.5 Å². The van der Waals surface area contributed by atoms with Crippen LogP contribution in [0.1, 0.15) is 17.5 Å². The smallest absolute Gasteiger partial charge is 0.417 e. The second-order valence-corrected chi connectivity index (χ2v) is 9.74. The Bertz CT molecular complexity index is 1500. The lowest BCUT2D eigenvalue weighted by molar-refractivity contribution is -0.140. The summed E-state index contributed by atoms with van der Waals surface area (Å²) in [6.45, 7) is 0. The standard InChI is InChI=1S/C24H17ClF3NO4S/c25-17-10-11-21-19(13-17)16(9-12-22(30)31)14-29(21)34(32,33)23-18(15-5-2-1-3-6-15)7-4-8-20(23)24(26,27)28/h1-8,10-11,13-14H,9,12H2,(H,30,31). The Kier molecular flexibility index (Phi) is 6.18. The Hall–Kier alpha value is -3.30. The zero-order valence-electron chi connectivity index (χ0n) is 17.4. The molecule has 0 radical (unpaired) electrons. The lowest BCUT2D eigenvalue weighted by Gasteiger charge is -2.18. The summed E-state index contributed by atoms with van der Waals surface area (Å²) in [6, 6.07) is 15.4. The van der Waals surface area contributed by atoms with Crippen LogP contribution in [0, 0.1) is 0 Å². The van der Waals surface area contributed by atoms with Crippen molar-refractivity contribution in [2.45, 2.75) is 23.9 Å². The van der Waals surface area contributed by atoms with Crippen molar-refractivity contribution in [2.75, 3.05) is 0 Å². The van der Waals surface area contributed by atoms with Crippen molar-refractivity contribution in [3.05, 3.63) is 89.1 Å². The molecule has 3 aromatic carbocycles. The molecule has 0 atom stereocenters. The van der Waals surface area contributed by atoms with E-state index in [1.54, 1.807) is 18.2 Å². The zero-order valence-corrected chi connectivity index (χ0v) is 19.0. The molecule has 0 amide bonds. The number of carbonyl (C=O) groups is 1. The highest BCUT2D eigenvalue weighted by Gasteiger charge is 2.40. The molecular formula is C24H17ClF3NO4S. The number of benzene rings is 3. The van der Waals surface area contributed by atoms with Gasteiger partial charge >= 0.3 is 12.1 Å². The van der Waals surface area contributed by atoms with Gasteiger partial charge in [0.25, 0.3) is 10.0 Å². The third-order valence-electron chi connectivity index (χ3n) is 5.35. The molecule has 0 aliphatic rings. The fraction of sp³-hybridized carbons (Fsp3) is 0.125. The molecule has 1 N–H and O–H groups in total. The topological polar surface area (TPSA) is 76.4 Å². The maximum atomic E-state index is 14.0. The Balaban J connectivity index is 2.04. The van der Waals surface area contributed by atoms with Crippen LogP contribution in [0.15, 0.2) is 77.8 Å². The van der Waals surface area contributed by atoms with Crippen LogP contribution < -0.4 is 0 Å². The van der Waals surface area contributed by atoms with Crippen molar-refractivity contribution < 1.29 is 31.5 Å². The van der Waals surface area contributed by atoms with Gasteiger partial charge in [0.1, 0.15) is 4.90 Å². The van der Waals surface area contributed by atoms with Crippen molar-refractivity contribution in [3.63, 3.8) is 0 Å². The first kappa shape index (κ1) is 23.8. The van der Waals surface area contributed by atoms with Crippen LogP contribution in [0.5, 0.6) is 0 Å². The molecule has 0 bridgehead atoms. The molecule has 176 valence electrons. The van der Waals surface area contributed by atoms with E-state index in [1.165, 1.54) is 42.6 Å². The van der Waals surface area contributed by atoms with Crippen LogP contribution in [-0.2, 0) is 27.4 Å². The number of carboxylic acid groups (broad SMARTS) is 1. The van der Waals surface area contributed by atoms with Gasteiger partial charge in [0.05, 0.1) is 11.1 Å². The summed E-state index contributed by atoms with van der Waals surface area (Å²) >= 11 is 6.06. The SMILES string of the molecule is O=C(O)CCc1cn(S(=O)(=O)c2c(-c3ccccc3)cccc2C(F)(F)F)c2ccc(Cl)cc12. The Labute approximate surface area is 198 Å². The lowest BCUT2D eigenvalue weighted by atomic mass is 10.0. The fourth-order valence-electron chi connectivity index (χ4n) is 3.86. The van der Waals surface area contributed by atoms with E-state index >= 15 is 0 Å². The Morgan fingerprint density at radius 3 is 2.35 bits per heavy atom. The summed E-state index contributed by atoms with van der Waals surface area (Å²) in [6.07, 6.45) is -4.09. The summed E-state index contributed by atoms with van der Waals surface area (Å²) in [4.78, 5) is 10.2. The average molecular weight is 508 g/mol. The number of hydrogen-bond acceptors (Lipinski definition) is 3. The van der Waals surface area contributed by atoms with Gasteiger partial charge in [-0.15, -0.1) is 0 Å². The molecule has 0 saturated heterocycles. The molecule has 4 rings (SSSR count). The van der Waals surface area contributed by atoms with Gasteiger partial charge in [-0.3, -0.25) is 4.79 Å². The molecule has 0 spiro atoms. The number of nitrogens with zero attached hydrogens (tertiary/aromatic N) is 1. The second kappa shape index (κ2) is 8.81. The Morgan fingerprint density at radius 1 is 1.00 bits per heavy atom. The molecule has 0 aliphatic carbocycles. The first-order valence-corrected chi connectivity index (χ1v) is 11.8. The number of aliphatic carboxylic acids is 1. The molecule has 10 heteroatoms. The number of carboxylic acids is 1. The van der Waals surface area contributed by atoms with Crippen LogP contribution in [-0.4, -0.2) is 23.5 Å². The predicted molar refractivity (Wildman–Crippen MR) is 122 cm³/mol. The van der Waals surface area contributed by atoms with Gasteiger partial charge in [-0.25, -0.2) is 12.4 Å². The number of fused-ring (bicyclic) bond motifs is 1. The van der Waals surface area contributed by atoms with Gasteiger partial charge in [-0.2, -0.15) is 13.2 Å². The molecule has 0 unspecified atom stereocenters. The molecule has 5 nitrogen and oxygen atoms in total. The predicted octanol–water partition coefficient (Wildman–Crippen LogP) is 6.23. The van der Waals surface area contributed by atoms with Gasteiger partial charge in [0.2, 0.25) is 0 Å². The minimum Gasteiger partial charge on any atom is -0.481 e. The monoisotopic (exact) mass is 507 g/mol. The highest BCUT2D eigenvalue weighted by atomic mass is 35.5. The number of hydrogen-bond donors (Lipinski definition) is 1. The molecule has 0 aliphatic heterocycles. The highest BCUT2D eigenvalue weighted by Crippen LogP contribution is 2.41. The van der Waals surface area contributed by atoms with Gasteiger partial charge in [0, 0.05) is 28.6 Å². The normalized spacial score (nSPS) is 12.2. The van der Waals surface area contributed by atoms with Crippen molar-refractivity contribution in [1.82, 2.24) is 3.97 Å². The molecule has 34 heavy (non-hydrogen) atoms. The van der Waals surface area contributed by atoms with E-state index in [9.17, 15) is 26.4 Å². The first-order valence-electron chi connectivity index (χ1n) is 10.0. The van der Waals surface area contributed by atoms with Crippen molar-refractivity contribution in [2.24, 2.45) is 0 Å². The summed E-state index contributed by atoms with van der Waals surface area (Å²) in [5, 5.41) is 9.69. The summed E-state index contributed by atoms with van der Waals surface area (Å²) in [5.74, 6) is -1.10. The van der Waals surface area contributed by atoms with Crippen LogP contribution in [0.25, 0.3) is 22.0 Å². The third-order valence-corrected chi connectivity index (χ3v) is 7.36. The van der Waals surface area contributed by atoms with E-state index < -0.39 is 32.6 Å². The minimum absolute atomic E-state index is 0.0266. The maximum absolute atomic E-state index is 14.0. The molecule has 1 aromatic heterocycles. The molecule has 0 saturated carbocycles. The maximum Gasteiger partial charge on any atom is 0.417 e. The third kappa shape index (κ3) is 4.41. The summed E-state index contributed by atoms with van der Waals surface area (Å²) < 4.78 is 70.5.